The van der Waals surface area contributed by atoms with Gasteiger partial charge in [-0.3, -0.25) is 0 Å². The molecule has 0 saturated heterocycles. The molecule has 1 heteroatoms. The van der Waals surface area contributed by atoms with Gasteiger partial charge in [0.05, 0.1) is 7.11 Å². The number of benzene rings is 1. The van der Waals surface area contributed by atoms with Crippen LogP contribution in [0, 0.1) is 6.92 Å². The smallest absolute Gasteiger partial charge is 0.118 e. The summed E-state index contributed by atoms with van der Waals surface area (Å²) < 4.78 is 4.98. The van der Waals surface area contributed by atoms with Gasteiger partial charge in [0.1, 0.15) is 5.76 Å². The highest BCUT2D eigenvalue weighted by Gasteiger charge is 1.94. The van der Waals surface area contributed by atoms with Gasteiger partial charge in [-0.1, -0.05) is 36.4 Å². The predicted octanol–water partition coefficient (Wildman–Crippen LogP) is 2.61. The molecule has 0 N–H and O–H groups in total. The minimum absolute atomic E-state index is 0.713. The number of ether oxygens (including phenoxy) is 1. The Morgan fingerprint density at radius 2 is 1.82 bits per heavy atom. The van der Waals surface area contributed by atoms with Crippen LogP contribution in [-0.4, -0.2) is 7.11 Å². The van der Waals surface area contributed by atoms with Crippen LogP contribution < -0.4 is 0 Å². The maximum atomic E-state index is 4.98. The quantitative estimate of drug-likeness (QED) is 0.586. The largest absolute Gasteiger partial charge is 0.497 e. The van der Waals surface area contributed by atoms with Crippen molar-refractivity contribution in [2.24, 2.45) is 0 Å². The van der Waals surface area contributed by atoms with Crippen molar-refractivity contribution >= 4 is 5.76 Å². The Hall–Kier alpha value is -1.24. The van der Waals surface area contributed by atoms with E-state index in [2.05, 4.69) is 13.5 Å². The molecule has 0 amide bonds. The van der Waals surface area contributed by atoms with Crippen LogP contribution in [0.25, 0.3) is 5.76 Å². The lowest BCUT2D eigenvalue weighted by Crippen LogP contribution is -1.84. The molecule has 0 atom stereocenters. The second-order valence-corrected chi connectivity index (χ2v) is 2.49. The molecule has 58 valence electrons. The first-order chi connectivity index (χ1) is 5.24. The van der Waals surface area contributed by atoms with E-state index in [0.717, 1.165) is 5.56 Å². The lowest BCUT2D eigenvalue weighted by atomic mass is 10.1. The van der Waals surface area contributed by atoms with Crippen LogP contribution in [0.1, 0.15) is 11.1 Å². The molecule has 0 fully saturated rings. The second-order valence-electron chi connectivity index (χ2n) is 2.49. The Bertz CT molecular complexity index is 246. The molecule has 0 saturated carbocycles. The average molecular weight is 148 g/mol. The number of hydrogen-bond donors (Lipinski definition) is 0. The summed E-state index contributed by atoms with van der Waals surface area (Å²) in [5.74, 6) is 0.713. The highest BCUT2D eigenvalue weighted by Crippen LogP contribution is 2.12. The Morgan fingerprint density at radius 3 is 2.27 bits per heavy atom. The lowest BCUT2D eigenvalue weighted by molar-refractivity contribution is 0.371. The normalized spacial score (nSPS) is 9.27. The van der Waals surface area contributed by atoms with Crippen molar-refractivity contribution in [2.75, 3.05) is 7.11 Å². The van der Waals surface area contributed by atoms with Crippen LogP contribution in [0.2, 0.25) is 0 Å². The zero-order valence-electron chi connectivity index (χ0n) is 6.92. The fourth-order valence-electron chi connectivity index (χ4n) is 0.857. The highest BCUT2D eigenvalue weighted by atomic mass is 16.5. The Kier molecular flexibility index (Phi) is 2.32. The molecule has 0 aliphatic rings. The van der Waals surface area contributed by atoms with Gasteiger partial charge < -0.3 is 4.74 Å². The number of hydrogen-bond acceptors (Lipinski definition) is 1. The first-order valence-electron chi connectivity index (χ1n) is 3.54. The molecule has 1 aromatic carbocycles. The molecular weight excluding hydrogens is 136 g/mol. The molecule has 0 aliphatic heterocycles. The van der Waals surface area contributed by atoms with Crippen molar-refractivity contribution in [3.8, 4) is 0 Å². The van der Waals surface area contributed by atoms with Crippen molar-refractivity contribution in [2.45, 2.75) is 6.92 Å². The van der Waals surface area contributed by atoms with Crippen LogP contribution in [0.15, 0.2) is 30.8 Å². The molecule has 1 rings (SSSR count). The molecule has 0 radical (unpaired) electrons. The van der Waals surface area contributed by atoms with E-state index in [9.17, 15) is 0 Å². The van der Waals surface area contributed by atoms with E-state index in [1.807, 2.05) is 24.3 Å². The second kappa shape index (κ2) is 3.24. The summed E-state index contributed by atoms with van der Waals surface area (Å²) in [7, 11) is 1.63. The summed E-state index contributed by atoms with van der Waals surface area (Å²) in [5, 5.41) is 0. The van der Waals surface area contributed by atoms with E-state index in [0.29, 0.717) is 5.76 Å². The predicted molar refractivity (Wildman–Crippen MR) is 47.2 cm³/mol. The van der Waals surface area contributed by atoms with Gasteiger partial charge in [-0.05, 0) is 6.92 Å². The van der Waals surface area contributed by atoms with Crippen molar-refractivity contribution < 1.29 is 4.74 Å². The third-order valence-electron chi connectivity index (χ3n) is 1.62. The zero-order chi connectivity index (χ0) is 8.27. The Morgan fingerprint density at radius 1 is 1.27 bits per heavy atom. The summed E-state index contributed by atoms with van der Waals surface area (Å²) in [5.41, 5.74) is 2.29. The highest BCUT2D eigenvalue weighted by molar-refractivity contribution is 5.57. The van der Waals surface area contributed by atoms with Crippen LogP contribution in [0.3, 0.4) is 0 Å². The fourth-order valence-corrected chi connectivity index (χ4v) is 0.857. The van der Waals surface area contributed by atoms with E-state index < -0.39 is 0 Å². The standard InChI is InChI=1S/C10H12O/c1-8-4-6-10(7-5-8)9(2)11-3/h4-7H,2H2,1,3H3. The van der Waals surface area contributed by atoms with E-state index >= 15 is 0 Å². The SMILES string of the molecule is C=C(OC)c1ccc(C)cc1. The van der Waals surface area contributed by atoms with E-state index in [1.165, 1.54) is 5.56 Å². The van der Waals surface area contributed by atoms with Crippen LogP contribution >= 0.6 is 0 Å². The first-order valence-corrected chi connectivity index (χ1v) is 3.54. The van der Waals surface area contributed by atoms with Crippen molar-refractivity contribution in [3.05, 3.63) is 42.0 Å². The van der Waals surface area contributed by atoms with E-state index in [-0.39, 0.29) is 0 Å². The van der Waals surface area contributed by atoms with Gasteiger partial charge >= 0.3 is 0 Å². The first kappa shape index (κ1) is 7.86. The lowest BCUT2D eigenvalue weighted by Gasteiger charge is -2.03. The topological polar surface area (TPSA) is 9.23 Å². The van der Waals surface area contributed by atoms with Crippen molar-refractivity contribution in [3.63, 3.8) is 0 Å². The molecular formula is C10H12O. The van der Waals surface area contributed by atoms with Crippen molar-refractivity contribution in [1.29, 1.82) is 0 Å². The Balaban J connectivity index is 2.90. The minimum atomic E-state index is 0.713. The van der Waals surface area contributed by atoms with E-state index in [4.69, 9.17) is 4.74 Å². The minimum Gasteiger partial charge on any atom is -0.497 e. The van der Waals surface area contributed by atoms with Gasteiger partial charge in [-0.15, -0.1) is 0 Å². The van der Waals surface area contributed by atoms with Gasteiger partial charge in [0, 0.05) is 5.56 Å². The maximum absolute atomic E-state index is 4.98. The summed E-state index contributed by atoms with van der Waals surface area (Å²) in [6.07, 6.45) is 0. The molecule has 11 heavy (non-hydrogen) atoms. The monoisotopic (exact) mass is 148 g/mol. The zero-order valence-corrected chi connectivity index (χ0v) is 6.92. The van der Waals surface area contributed by atoms with Crippen molar-refractivity contribution in [1.82, 2.24) is 0 Å². The molecule has 1 aromatic rings. The van der Waals surface area contributed by atoms with Gasteiger partial charge in [0.15, 0.2) is 0 Å². The molecule has 0 unspecified atom stereocenters. The van der Waals surface area contributed by atoms with Crippen LogP contribution in [0.4, 0.5) is 0 Å². The maximum Gasteiger partial charge on any atom is 0.118 e. The summed E-state index contributed by atoms with van der Waals surface area (Å²) in [6, 6.07) is 8.08. The Labute approximate surface area is 67.3 Å². The van der Waals surface area contributed by atoms with Gasteiger partial charge in [-0.2, -0.15) is 0 Å². The van der Waals surface area contributed by atoms with Gasteiger partial charge in [0.2, 0.25) is 0 Å². The molecule has 0 bridgehead atoms. The molecule has 0 aliphatic carbocycles. The van der Waals surface area contributed by atoms with Gasteiger partial charge in [0.25, 0.3) is 0 Å². The van der Waals surface area contributed by atoms with Crippen LogP contribution in [-0.2, 0) is 4.74 Å². The fraction of sp³-hybridized carbons (Fsp3) is 0.200. The number of methoxy groups -OCH3 is 1. The number of rotatable bonds is 2. The summed E-state index contributed by atoms with van der Waals surface area (Å²) >= 11 is 0. The van der Waals surface area contributed by atoms with Crippen LogP contribution in [0.5, 0.6) is 0 Å². The number of aryl methyl sites for hydroxylation is 1. The molecule has 1 nitrogen and oxygen atoms in total. The molecule has 0 spiro atoms. The van der Waals surface area contributed by atoms with Gasteiger partial charge in [-0.25, -0.2) is 0 Å². The van der Waals surface area contributed by atoms with E-state index in [1.54, 1.807) is 7.11 Å². The molecule has 0 heterocycles. The summed E-state index contributed by atoms with van der Waals surface area (Å²) in [4.78, 5) is 0. The third kappa shape index (κ3) is 1.84. The third-order valence-corrected chi connectivity index (χ3v) is 1.62. The summed E-state index contributed by atoms with van der Waals surface area (Å²) in [6.45, 7) is 5.81. The molecule has 0 aromatic heterocycles. The average Bonchev–Trinajstić information content (AvgIpc) is 2.05.